The molecule has 0 aliphatic rings. The average molecular weight is 243 g/mol. The van der Waals surface area contributed by atoms with Crippen molar-refractivity contribution >= 4 is 10.9 Å². The van der Waals surface area contributed by atoms with Crippen LogP contribution in [0.2, 0.25) is 0 Å². The quantitative estimate of drug-likeness (QED) is 0.771. The highest BCUT2D eigenvalue weighted by molar-refractivity contribution is 5.89. The summed E-state index contributed by atoms with van der Waals surface area (Å²) in [6.45, 7) is 13.6. The van der Waals surface area contributed by atoms with Crippen LogP contribution in [0.4, 0.5) is 0 Å². The molecule has 0 amide bonds. The van der Waals surface area contributed by atoms with Gasteiger partial charge in [0.2, 0.25) is 0 Å². The van der Waals surface area contributed by atoms with Crippen molar-refractivity contribution in [2.24, 2.45) is 5.92 Å². The minimum absolute atomic E-state index is 0.578. The Morgan fingerprint density at radius 3 is 2.28 bits per heavy atom. The van der Waals surface area contributed by atoms with Crippen molar-refractivity contribution in [2.75, 3.05) is 0 Å². The summed E-state index contributed by atoms with van der Waals surface area (Å²) in [4.78, 5) is 3.66. The topological polar surface area (TPSA) is 15.8 Å². The molecule has 0 saturated heterocycles. The molecular weight excluding hydrogens is 218 g/mol. The van der Waals surface area contributed by atoms with Gasteiger partial charge in [-0.05, 0) is 54.9 Å². The lowest BCUT2D eigenvalue weighted by molar-refractivity contribution is 0.630. The van der Waals surface area contributed by atoms with E-state index in [1.165, 1.54) is 33.3 Å². The second kappa shape index (κ2) is 4.79. The molecule has 1 aromatic heterocycles. The van der Waals surface area contributed by atoms with Crippen LogP contribution in [0, 0.1) is 19.8 Å². The number of aryl methyl sites for hydroxylation is 2. The SMILES string of the molecule is Cc1cc(C)c2c(C(C)C)c(CC(C)C)[nH]c2c1. The van der Waals surface area contributed by atoms with Crippen LogP contribution in [0.25, 0.3) is 10.9 Å². The summed E-state index contributed by atoms with van der Waals surface area (Å²) in [5.74, 6) is 1.27. The molecule has 98 valence electrons. The van der Waals surface area contributed by atoms with Gasteiger partial charge in [0.05, 0.1) is 0 Å². The van der Waals surface area contributed by atoms with Crippen LogP contribution in [0.5, 0.6) is 0 Å². The molecule has 2 aromatic rings. The molecule has 1 heterocycles. The summed E-state index contributed by atoms with van der Waals surface area (Å²) in [5.41, 5.74) is 7.01. The van der Waals surface area contributed by atoms with Gasteiger partial charge in [-0.3, -0.25) is 0 Å². The van der Waals surface area contributed by atoms with Gasteiger partial charge in [-0.25, -0.2) is 0 Å². The van der Waals surface area contributed by atoms with Gasteiger partial charge in [0.25, 0.3) is 0 Å². The molecule has 0 fully saturated rings. The highest BCUT2D eigenvalue weighted by Gasteiger charge is 2.17. The summed E-state index contributed by atoms with van der Waals surface area (Å²) in [6.07, 6.45) is 1.14. The number of fused-ring (bicyclic) bond motifs is 1. The zero-order valence-electron chi connectivity index (χ0n) is 12.5. The van der Waals surface area contributed by atoms with Crippen molar-refractivity contribution in [1.29, 1.82) is 0 Å². The molecule has 0 aliphatic carbocycles. The molecule has 0 atom stereocenters. The fraction of sp³-hybridized carbons (Fsp3) is 0.529. The Labute approximate surface area is 111 Å². The third-order valence-corrected chi connectivity index (χ3v) is 3.55. The van der Waals surface area contributed by atoms with Gasteiger partial charge in [-0.15, -0.1) is 0 Å². The Bertz CT molecular complexity index is 558. The molecule has 1 heteroatoms. The fourth-order valence-corrected chi connectivity index (χ4v) is 3.01. The van der Waals surface area contributed by atoms with Gasteiger partial charge in [-0.1, -0.05) is 33.8 Å². The molecule has 0 radical (unpaired) electrons. The summed E-state index contributed by atoms with van der Waals surface area (Å²) < 4.78 is 0. The van der Waals surface area contributed by atoms with Crippen LogP contribution >= 0.6 is 0 Å². The lowest BCUT2D eigenvalue weighted by Crippen LogP contribution is -1.99. The first-order valence-corrected chi connectivity index (χ1v) is 7.01. The highest BCUT2D eigenvalue weighted by Crippen LogP contribution is 2.33. The summed E-state index contributed by atoms with van der Waals surface area (Å²) in [7, 11) is 0. The van der Waals surface area contributed by atoms with Crippen molar-refractivity contribution in [2.45, 2.75) is 53.9 Å². The van der Waals surface area contributed by atoms with E-state index in [4.69, 9.17) is 0 Å². The van der Waals surface area contributed by atoms with Crippen molar-refractivity contribution in [3.8, 4) is 0 Å². The molecule has 0 bridgehead atoms. The van der Waals surface area contributed by atoms with Gasteiger partial charge in [0.15, 0.2) is 0 Å². The first-order valence-electron chi connectivity index (χ1n) is 7.01. The Morgan fingerprint density at radius 1 is 1.06 bits per heavy atom. The van der Waals surface area contributed by atoms with Crippen molar-refractivity contribution in [3.05, 3.63) is 34.5 Å². The molecule has 1 N–H and O–H groups in total. The maximum absolute atomic E-state index is 3.66. The van der Waals surface area contributed by atoms with E-state index in [1.54, 1.807) is 0 Å². The number of hydrogen-bond donors (Lipinski definition) is 1. The standard InChI is InChI=1S/C17H25N/c1-10(2)7-14-16(11(3)4)17-13(6)8-12(5)9-15(17)18-14/h8-11,18H,7H2,1-6H3. The minimum atomic E-state index is 0.578. The molecule has 2 rings (SSSR count). The van der Waals surface area contributed by atoms with Gasteiger partial charge in [0.1, 0.15) is 0 Å². The Morgan fingerprint density at radius 2 is 1.72 bits per heavy atom. The Balaban J connectivity index is 2.71. The van der Waals surface area contributed by atoms with Crippen molar-refractivity contribution in [3.63, 3.8) is 0 Å². The third-order valence-electron chi connectivity index (χ3n) is 3.55. The van der Waals surface area contributed by atoms with E-state index in [2.05, 4.69) is 58.7 Å². The van der Waals surface area contributed by atoms with Gasteiger partial charge >= 0.3 is 0 Å². The fourth-order valence-electron chi connectivity index (χ4n) is 3.01. The normalized spacial score (nSPS) is 12.0. The third kappa shape index (κ3) is 2.31. The molecule has 1 aromatic carbocycles. The van der Waals surface area contributed by atoms with E-state index in [0.29, 0.717) is 11.8 Å². The van der Waals surface area contributed by atoms with E-state index < -0.39 is 0 Å². The average Bonchev–Trinajstić information content (AvgIpc) is 2.54. The molecule has 0 unspecified atom stereocenters. The molecule has 0 saturated carbocycles. The molecular formula is C17H25N. The van der Waals surface area contributed by atoms with Crippen LogP contribution < -0.4 is 0 Å². The van der Waals surface area contributed by atoms with E-state index in [9.17, 15) is 0 Å². The predicted molar refractivity (Wildman–Crippen MR) is 80.4 cm³/mol. The predicted octanol–water partition coefficient (Wildman–Crippen LogP) is 5.11. The smallest absolute Gasteiger partial charge is 0.0464 e. The van der Waals surface area contributed by atoms with Crippen LogP contribution in [0.3, 0.4) is 0 Å². The van der Waals surface area contributed by atoms with E-state index >= 15 is 0 Å². The van der Waals surface area contributed by atoms with Crippen molar-refractivity contribution in [1.82, 2.24) is 4.98 Å². The molecule has 1 nitrogen and oxygen atoms in total. The Kier molecular flexibility index (Phi) is 3.52. The van der Waals surface area contributed by atoms with Gasteiger partial charge in [0, 0.05) is 16.6 Å². The number of nitrogens with one attached hydrogen (secondary N) is 1. The lowest BCUT2D eigenvalue weighted by atomic mass is 9.93. The number of benzene rings is 1. The highest BCUT2D eigenvalue weighted by atomic mass is 14.7. The summed E-state index contributed by atoms with van der Waals surface area (Å²) in [6, 6.07) is 4.57. The van der Waals surface area contributed by atoms with Crippen LogP contribution in [-0.4, -0.2) is 4.98 Å². The van der Waals surface area contributed by atoms with Gasteiger partial charge < -0.3 is 4.98 Å². The molecule has 0 aliphatic heterocycles. The summed E-state index contributed by atoms with van der Waals surface area (Å²) in [5, 5.41) is 1.45. The number of H-pyrrole nitrogens is 1. The number of rotatable bonds is 3. The van der Waals surface area contributed by atoms with Crippen LogP contribution in [0.1, 0.15) is 56.0 Å². The monoisotopic (exact) mass is 243 g/mol. The minimum Gasteiger partial charge on any atom is -0.358 e. The second-order valence-corrected chi connectivity index (χ2v) is 6.27. The van der Waals surface area contributed by atoms with E-state index in [-0.39, 0.29) is 0 Å². The molecule has 0 spiro atoms. The van der Waals surface area contributed by atoms with E-state index in [0.717, 1.165) is 6.42 Å². The maximum Gasteiger partial charge on any atom is 0.0464 e. The summed E-state index contributed by atoms with van der Waals surface area (Å²) >= 11 is 0. The largest absolute Gasteiger partial charge is 0.358 e. The second-order valence-electron chi connectivity index (χ2n) is 6.27. The molecule has 18 heavy (non-hydrogen) atoms. The number of aromatic nitrogens is 1. The Hall–Kier alpha value is -1.24. The van der Waals surface area contributed by atoms with Gasteiger partial charge in [-0.2, -0.15) is 0 Å². The first-order chi connectivity index (χ1) is 8.40. The van der Waals surface area contributed by atoms with Crippen LogP contribution in [0.15, 0.2) is 12.1 Å². The van der Waals surface area contributed by atoms with Crippen molar-refractivity contribution < 1.29 is 0 Å². The number of hydrogen-bond acceptors (Lipinski definition) is 0. The maximum atomic E-state index is 3.66. The van der Waals surface area contributed by atoms with E-state index in [1.807, 2.05) is 0 Å². The lowest BCUT2D eigenvalue weighted by Gasteiger charge is -2.11. The zero-order valence-corrected chi connectivity index (χ0v) is 12.5. The number of aromatic amines is 1. The first kappa shape index (κ1) is 13.2. The van der Waals surface area contributed by atoms with Crippen LogP contribution in [-0.2, 0) is 6.42 Å². The zero-order chi connectivity index (χ0) is 13.4.